The van der Waals surface area contributed by atoms with Crippen LogP contribution in [0.15, 0.2) is 29.2 Å². The zero-order valence-electron chi connectivity index (χ0n) is 9.08. The van der Waals surface area contributed by atoms with Gasteiger partial charge >= 0.3 is 0 Å². The van der Waals surface area contributed by atoms with Gasteiger partial charge < -0.3 is 0 Å². The number of hydrogen-bond donors (Lipinski definition) is 1. The van der Waals surface area contributed by atoms with Crippen molar-refractivity contribution in [3.8, 4) is 12.3 Å². The molecule has 0 aromatic heterocycles. The fraction of sp³-hybridized carbons (Fsp3) is 0.385. The van der Waals surface area contributed by atoms with E-state index in [0.717, 1.165) is 5.75 Å². The zero-order valence-corrected chi connectivity index (χ0v) is 9.90. The Kier molecular flexibility index (Phi) is 2.77. The van der Waals surface area contributed by atoms with Gasteiger partial charge in [0.1, 0.15) is 0 Å². The number of terminal acetylenes is 1. The summed E-state index contributed by atoms with van der Waals surface area (Å²) in [5, 5.41) is 3.50. The van der Waals surface area contributed by atoms with E-state index in [4.69, 9.17) is 6.42 Å². The highest BCUT2D eigenvalue weighted by Gasteiger charge is 2.27. The van der Waals surface area contributed by atoms with Crippen LogP contribution in [-0.4, -0.2) is 11.3 Å². The van der Waals surface area contributed by atoms with E-state index in [1.807, 2.05) is 25.6 Å². The lowest BCUT2D eigenvalue weighted by Gasteiger charge is -2.25. The third kappa shape index (κ3) is 2.19. The van der Waals surface area contributed by atoms with Crippen molar-refractivity contribution < 1.29 is 0 Å². The monoisotopic (exact) mass is 217 g/mol. The largest absolute Gasteiger partial charge is 0.294 e. The van der Waals surface area contributed by atoms with Crippen molar-refractivity contribution in [3.63, 3.8) is 0 Å². The molecule has 2 rings (SSSR count). The molecule has 1 aliphatic rings. The molecule has 1 heterocycles. The molecule has 0 amide bonds. The predicted octanol–water partition coefficient (Wildman–Crippen LogP) is 2.83. The smallest absolute Gasteiger partial charge is 0.0746 e. The molecule has 1 N–H and O–H groups in total. The molecule has 0 bridgehead atoms. The highest BCUT2D eigenvalue weighted by molar-refractivity contribution is 7.99. The van der Waals surface area contributed by atoms with Crippen LogP contribution in [-0.2, 0) is 0 Å². The molecule has 0 saturated heterocycles. The lowest BCUT2D eigenvalue weighted by Crippen LogP contribution is -2.40. The van der Waals surface area contributed by atoms with E-state index in [0.29, 0.717) is 6.04 Å². The number of benzene rings is 1. The first kappa shape index (κ1) is 10.6. The molecule has 0 aliphatic carbocycles. The van der Waals surface area contributed by atoms with Crippen molar-refractivity contribution in [1.29, 1.82) is 0 Å². The molecule has 0 fully saturated rings. The highest BCUT2D eigenvalue weighted by Crippen LogP contribution is 2.38. The van der Waals surface area contributed by atoms with Gasteiger partial charge in [-0.25, -0.2) is 0 Å². The van der Waals surface area contributed by atoms with Gasteiger partial charge in [-0.3, -0.25) is 5.32 Å². The lowest BCUT2D eigenvalue weighted by atomic mass is 10.0. The van der Waals surface area contributed by atoms with Gasteiger partial charge in [0.2, 0.25) is 0 Å². The maximum absolute atomic E-state index is 5.49. The molecule has 0 saturated carbocycles. The van der Waals surface area contributed by atoms with Gasteiger partial charge in [-0.05, 0) is 25.5 Å². The van der Waals surface area contributed by atoms with Crippen LogP contribution >= 0.6 is 11.8 Å². The highest BCUT2D eigenvalue weighted by atomic mass is 32.2. The van der Waals surface area contributed by atoms with Crippen molar-refractivity contribution in [2.45, 2.75) is 30.3 Å². The summed E-state index contributed by atoms with van der Waals surface area (Å²) in [5.74, 6) is 3.85. The van der Waals surface area contributed by atoms with Gasteiger partial charge in [0.25, 0.3) is 0 Å². The Morgan fingerprint density at radius 2 is 2.20 bits per heavy atom. The minimum absolute atomic E-state index is 0.233. The standard InChI is InChI=1S/C13H15NS/c1-4-13(2,3)14-11-9-15-12-8-6-5-7-10(11)12/h1,5-8,11,14H,9H2,2-3H3. The second kappa shape index (κ2) is 3.92. The SMILES string of the molecule is C#CC(C)(C)NC1CSc2ccccc21. The summed E-state index contributed by atoms with van der Waals surface area (Å²) in [7, 11) is 0. The van der Waals surface area contributed by atoms with Crippen LogP contribution in [0.2, 0.25) is 0 Å². The Hall–Kier alpha value is -0.910. The Labute approximate surface area is 95.7 Å². The number of rotatable bonds is 2. The second-order valence-electron chi connectivity index (χ2n) is 4.32. The number of hydrogen-bond acceptors (Lipinski definition) is 2. The predicted molar refractivity (Wildman–Crippen MR) is 66.0 cm³/mol. The van der Waals surface area contributed by atoms with Gasteiger partial charge in [0.15, 0.2) is 0 Å². The van der Waals surface area contributed by atoms with Gasteiger partial charge in [0.05, 0.1) is 5.54 Å². The van der Waals surface area contributed by atoms with Gasteiger partial charge in [-0.2, -0.15) is 0 Å². The summed E-state index contributed by atoms with van der Waals surface area (Å²) in [4.78, 5) is 1.38. The minimum Gasteiger partial charge on any atom is -0.294 e. The van der Waals surface area contributed by atoms with Crippen molar-refractivity contribution >= 4 is 11.8 Å². The first-order valence-corrected chi connectivity index (χ1v) is 6.08. The fourth-order valence-corrected chi connectivity index (χ4v) is 2.92. The Morgan fingerprint density at radius 3 is 2.93 bits per heavy atom. The topological polar surface area (TPSA) is 12.0 Å². The van der Waals surface area contributed by atoms with E-state index in [-0.39, 0.29) is 5.54 Å². The Balaban J connectivity index is 2.19. The summed E-state index contributed by atoms with van der Waals surface area (Å²) in [6, 6.07) is 8.91. The summed E-state index contributed by atoms with van der Waals surface area (Å²) >= 11 is 1.90. The molecular formula is C13H15NS. The molecule has 78 valence electrons. The molecule has 15 heavy (non-hydrogen) atoms. The first-order chi connectivity index (χ1) is 7.12. The van der Waals surface area contributed by atoms with Crippen LogP contribution in [0.25, 0.3) is 0 Å². The molecular weight excluding hydrogens is 202 g/mol. The second-order valence-corrected chi connectivity index (χ2v) is 5.38. The molecule has 1 nitrogen and oxygen atoms in total. The molecule has 1 aromatic carbocycles. The van der Waals surface area contributed by atoms with Crippen LogP contribution in [0.1, 0.15) is 25.5 Å². The third-order valence-corrected chi connectivity index (χ3v) is 3.78. The van der Waals surface area contributed by atoms with E-state index in [9.17, 15) is 0 Å². The molecule has 1 unspecified atom stereocenters. The van der Waals surface area contributed by atoms with Crippen molar-refractivity contribution in [1.82, 2.24) is 5.32 Å². The summed E-state index contributed by atoms with van der Waals surface area (Å²) in [6.07, 6.45) is 5.49. The lowest BCUT2D eigenvalue weighted by molar-refractivity contribution is 0.436. The number of nitrogens with one attached hydrogen (secondary N) is 1. The van der Waals surface area contributed by atoms with Gasteiger partial charge in [-0.15, -0.1) is 18.2 Å². The summed E-state index contributed by atoms with van der Waals surface area (Å²) in [5.41, 5.74) is 1.15. The van der Waals surface area contributed by atoms with E-state index in [1.165, 1.54) is 10.5 Å². The normalized spacial score (nSPS) is 19.7. The minimum atomic E-state index is -0.233. The molecule has 1 aromatic rings. The van der Waals surface area contributed by atoms with Crippen LogP contribution in [0.4, 0.5) is 0 Å². The Morgan fingerprint density at radius 1 is 1.47 bits per heavy atom. The fourth-order valence-electron chi connectivity index (χ4n) is 1.76. The average Bonchev–Trinajstić information content (AvgIpc) is 2.62. The van der Waals surface area contributed by atoms with E-state index < -0.39 is 0 Å². The van der Waals surface area contributed by atoms with Crippen LogP contribution < -0.4 is 5.32 Å². The van der Waals surface area contributed by atoms with Gasteiger partial charge in [-0.1, -0.05) is 24.1 Å². The Bertz CT molecular complexity index is 403. The molecule has 2 heteroatoms. The molecule has 0 radical (unpaired) electrons. The molecule has 0 spiro atoms. The maximum Gasteiger partial charge on any atom is 0.0746 e. The van der Waals surface area contributed by atoms with E-state index in [1.54, 1.807) is 0 Å². The number of fused-ring (bicyclic) bond motifs is 1. The number of thioether (sulfide) groups is 1. The zero-order chi connectivity index (χ0) is 10.9. The van der Waals surface area contributed by atoms with Crippen LogP contribution in [0, 0.1) is 12.3 Å². The maximum atomic E-state index is 5.49. The summed E-state index contributed by atoms with van der Waals surface area (Å²) < 4.78 is 0. The third-order valence-electron chi connectivity index (χ3n) is 2.60. The molecule has 1 aliphatic heterocycles. The quantitative estimate of drug-likeness (QED) is 0.765. The van der Waals surface area contributed by atoms with Crippen molar-refractivity contribution in [3.05, 3.63) is 29.8 Å². The van der Waals surface area contributed by atoms with Gasteiger partial charge in [0, 0.05) is 16.7 Å². The van der Waals surface area contributed by atoms with E-state index >= 15 is 0 Å². The first-order valence-electron chi connectivity index (χ1n) is 5.09. The summed E-state index contributed by atoms with van der Waals surface area (Å²) in [6.45, 7) is 4.08. The van der Waals surface area contributed by atoms with Crippen LogP contribution in [0.5, 0.6) is 0 Å². The van der Waals surface area contributed by atoms with Crippen LogP contribution in [0.3, 0.4) is 0 Å². The average molecular weight is 217 g/mol. The molecule has 1 atom stereocenters. The van der Waals surface area contributed by atoms with Crippen molar-refractivity contribution in [2.24, 2.45) is 0 Å². The van der Waals surface area contributed by atoms with E-state index in [2.05, 4.69) is 35.5 Å². The van der Waals surface area contributed by atoms with Crippen molar-refractivity contribution in [2.75, 3.05) is 5.75 Å².